The number of hydrogen-bond donors (Lipinski definition) is 3. The van der Waals surface area contributed by atoms with E-state index in [9.17, 15) is 14.7 Å². The van der Waals surface area contributed by atoms with Crippen LogP contribution in [0.3, 0.4) is 0 Å². The number of nitrogens with zero attached hydrogens (tertiary/aromatic N) is 1. The van der Waals surface area contributed by atoms with Gasteiger partial charge < -0.3 is 10.4 Å². The second-order valence-corrected chi connectivity index (χ2v) is 6.77. The van der Waals surface area contributed by atoms with Gasteiger partial charge in [0, 0.05) is 27.4 Å². The van der Waals surface area contributed by atoms with Crippen LogP contribution in [0.15, 0.2) is 71.8 Å². The van der Waals surface area contributed by atoms with E-state index in [0.29, 0.717) is 21.8 Å². The molecule has 0 aliphatic carbocycles. The molecule has 0 aliphatic heterocycles. The number of hydrazone groups is 1. The summed E-state index contributed by atoms with van der Waals surface area (Å²) in [6.45, 7) is 0. The maximum Gasteiger partial charge on any atom is 0.271 e. The van der Waals surface area contributed by atoms with Crippen molar-refractivity contribution in [2.24, 2.45) is 5.10 Å². The van der Waals surface area contributed by atoms with E-state index in [2.05, 4.69) is 15.8 Å². The number of anilines is 1. The molecule has 0 bridgehead atoms. The van der Waals surface area contributed by atoms with Crippen molar-refractivity contribution >= 4 is 46.9 Å². The number of nitrogens with one attached hydrogen (secondary N) is 2. The first-order valence-electron chi connectivity index (χ1n) is 8.42. The zero-order valence-electron chi connectivity index (χ0n) is 14.9. The molecular weight excluding hydrogens is 413 g/mol. The minimum absolute atomic E-state index is 0.0819. The molecule has 0 spiro atoms. The van der Waals surface area contributed by atoms with E-state index >= 15 is 0 Å². The van der Waals surface area contributed by atoms with Crippen LogP contribution in [0, 0.1) is 0 Å². The van der Waals surface area contributed by atoms with Gasteiger partial charge in [0.2, 0.25) is 0 Å². The smallest absolute Gasteiger partial charge is 0.271 e. The summed E-state index contributed by atoms with van der Waals surface area (Å²) in [5.74, 6) is -0.894. The summed E-state index contributed by atoms with van der Waals surface area (Å²) in [7, 11) is 0. The summed E-state index contributed by atoms with van der Waals surface area (Å²) >= 11 is 11.7. The first-order valence-corrected chi connectivity index (χ1v) is 9.17. The predicted octanol–water partition coefficient (Wildman–Crippen LogP) is 4.72. The van der Waals surface area contributed by atoms with E-state index in [1.807, 2.05) is 6.07 Å². The lowest BCUT2D eigenvalue weighted by Crippen LogP contribution is -2.18. The summed E-state index contributed by atoms with van der Waals surface area (Å²) in [6, 6.07) is 18.0. The third kappa shape index (κ3) is 5.34. The third-order valence-electron chi connectivity index (χ3n) is 3.87. The van der Waals surface area contributed by atoms with Gasteiger partial charge in [-0.25, -0.2) is 5.43 Å². The first-order chi connectivity index (χ1) is 13.9. The average molecular weight is 428 g/mol. The van der Waals surface area contributed by atoms with E-state index in [1.165, 1.54) is 18.3 Å². The highest BCUT2D eigenvalue weighted by Gasteiger charge is 2.09. The van der Waals surface area contributed by atoms with Crippen LogP contribution in [0.25, 0.3) is 0 Å². The Hall–Kier alpha value is -3.35. The number of halogens is 2. The van der Waals surface area contributed by atoms with Crippen LogP contribution in [0.1, 0.15) is 26.3 Å². The van der Waals surface area contributed by atoms with Crippen molar-refractivity contribution in [3.05, 3.63) is 93.5 Å². The summed E-state index contributed by atoms with van der Waals surface area (Å²) in [6.07, 6.45) is 1.24. The molecule has 3 aromatic rings. The fraction of sp³-hybridized carbons (Fsp3) is 0. The molecular formula is C21H15Cl2N3O3. The molecule has 0 aliphatic rings. The number of rotatable bonds is 5. The molecule has 3 aromatic carbocycles. The van der Waals surface area contributed by atoms with E-state index in [0.717, 1.165) is 0 Å². The molecule has 3 rings (SSSR count). The minimum atomic E-state index is -0.463. The number of hydrogen-bond acceptors (Lipinski definition) is 4. The fourth-order valence-electron chi connectivity index (χ4n) is 2.41. The topological polar surface area (TPSA) is 90.8 Å². The van der Waals surface area contributed by atoms with Crippen LogP contribution in [0.4, 0.5) is 5.69 Å². The maximum atomic E-state index is 12.2. The van der Waals surface area contributed by atoms with Gasteiger partial charge in [-0.05, 0) is 48.5 Å². The van der Waals surface area contributed by atoms with Crippen LogP contribution in [0.2, 0.25) is 10.0 Å². The Morgan fingerprint density at radius 3 is 2.24 bits per heavy atom. The lowest BCUT2D eigenvalue weighted by atomic mass is 10.1. The highest BCUT2D eigenvalue weighted by molar-refractivity contribution is 6.36. The number of benzene rings is 3. The maximum absolute atomic E-state index is 12.2. The largest absolute Gasteiger partial charge is 0.506 e. The molecule has 0 aromatic heterocycles. The van der Waals surface area contributed by atoms with Crippen molar-refractivity contribution in [2.75, 3.05) is 5.32 Å². The lowest BCUT2D eigenvalue weighted by Gasteiger charge is -2.06. The zero-order valence-corrected chi connectivity index (χ0v) is 16.4. The van der Waals surface area contributed by atoms with Gasteiger partial charge in [-0.15, -0.1) is 0 Å². The van der Waals surface area contributed by atoms with Crippen LogP contribution >= 0.6 is 23.2 Å². The highest BCUT2D eigenvalue weighted by atomic mass is 35.5. The molecule has 8 heteroatoms. The van der Waals surface area contributed by atoms with Crippen LogP contribution in [-0.4, -0.2) is 23.1 Å². The van der Waals surface area contributed by atoms with Crippen molar-refractivity contribution in [1.82, 2.24) is 5.43 Å². The molecule has 0 saturated carbocycles. The number of aromatic hydroxyl groups is 1. The second-order valence-electron chi connectivity index (χ2n) is 5.92. The zero-order chi connectivity index (χ0) is 20.8. The van der Waals surface area contributed by atoms with E-state index in [-0.39, 0.29) is 22.2 Å². The predicted molar refractivity (Wildman–Crippen MR) is 114 cm³/mol. The number of phenolic OH excluding ortho intramolecular Hbond substituents is 1. The molecule has 0 unspecified atom stereocenters. The van der Waals surface area contributed by atoms with E-state index in [1.54, 1.807) is 48.5 Å². The summed E-state index contributed by atoms with van der Waals surface area (Å²) < 4.78 is 0. The van der Waals surface area contributed by atoms with Gasteiger partial charge in [0.1, 0.15) is 5.75 Å². The molecule has 0 saturated heterocycles. The number of phenols is 1. The van der Waals surface area contributed by atoms with Crippen LogP contribution in [0.5, 0.6) is 5.75 Å². The van der Waals surface area contributed by atoms with Gasteiger partial charge in [0.25, 0.3) is 11.8 Å². The van der Waals surface area contributed by atoms with Gasteiger partial charge in [0.05, 0.1) is 11.2 Å². The van der Waals surface area contributed by atoms with Crippen LogP contribution < -0.4 is 10.7 Å². The van der Waals surface area contributed by atoms with Crippen molar-refractivity contribution < 1.29 is 14.7 Å². The van der Waals surface area contributed by atoms with E-state index < -0.39 is 5.91 Å². The van der Waals surface area contributed by atoms with Gasteiger partial charge >= 0.3 is 0 Å². The molecule has 0 heterocycles. The van der Waals surface area contributed by atoms with Crippen molar-refractivity contribution in [3.63, 3.8) is 0 Å². The third-order valence-corrected chi connectivity index (χ3v) is 4.37. The van der Waals surface area contributed by atoms with E-state index in [4.69, 9.17) is 23.2 Å². The Kier molecular flexibility index (Phi) is 6.49. The van der Waals surface area contributed by atoms with Gasteiger partial charge in [-0.1, -0.05) is 41.4 Å². The lowest BCUT2D eigenvalue weighted by molar-refractivity contribution is 0.0954. The molecule has 29 heavy (non-hydrogen) atoms. The SMILES string of the molecule is O=C(N/N=C/c1cc(Cl)cc(Cl)c1O)c1ccc(NC(=O)c2ccccc2)cc1. The summed E-state index contributed by atoms with van der Waals surface area (Å²) in [5, 5.41) is 16.8. The molecule has 3 N–H and O–H groups in total. The molecule has 146 valence electrons. The average Bonchev–Trinajstić information content (AvgIpc) is 2.72. The Labute approximate surface area is 176 Å². The summed E-state index contributed by atoms with van der Waals surface area (Å²) in [5.41, 5.74) is 4.04. The monoisotopic (exact) mass is 427 g/mol. The molecule has 2 amide bonds. The Balaban J connectivity index is 1.61. The Bertz CT molecular complexity index is 1070. The van der Waals surface area contributed by atoms with Gasteiger partial charge in [0.15, 0.2) is 0 Å². The normalized spacial score (nSPS) is 10.7. The Morgan fingerprint density at radius 1 is 0.897 bits per heavy atom. The quantitative estimate of drug-likeness (QED) is 0.406. The van der Waals surface area contributed by atoms with Gasteiger partial charge in [-0.2, -0.15) is 5.10 Å². The molecule has 6 nitrogen and oxygen atoms in total. The fourth-order valence-corrected chi connectivity index (χ4v) is 2.92. The molecule has 0 radical (unpaired) electrons. The summed E-state index contributed by atoms with van der Waals surface area (Å²) in [4.78, 5) is 24.3. The van der Waals surface area contributed by atoms with Crippen molar-refractivity contribution in [2.45, 2.75) is 0 Å². The standard InChI is InChI=1S/C21H15Cl2N3O3/c22-16-10-15(19(27)18(23)11-16)12-24-26-21(29)14-6-8-17(9-7-14)25-20(28)13-4-2-1-3-5-13/h1-12,27H,(H,25,28)(H,26,29)/b24-12+. The Morgan fingerprint density at radius 2 is 1.55 bits per heavy atom. The minimum Gasteiger partial charge on any atom is -0.506 e. The number of amides is 2. The molecule has 0 fully saturated rings. The van der Waals surface area contributed by atoms with Gasteiger partial charge in [-0.3, -0.25) is 9.59 Å². The number of carbonyl (C=O) groups is 2. The van der Waals surface area contributed by atoms with Crippen molar-refractivity contribution in [1.29, 1.82) is 0 Å². The second kappa shape index (κ2) is 9.23. The number of carbonyl (C=O) groups excluding carboxylic acids is 2. The first kappa shape index (κ1) is 20.4. The van der Waals surface area contributed by atoms with Crippen molar-refractivity contribution in [3.8, 4) is 5.75 Å². The molecule has 0 atom stereocenters. The van der Waals surface area contributed by atoms with Crippen LogP contribution in [-0.2, 0) is 0 Å². The highest BCUT2D eigenvalue weighted by Crippen LogP contribution is 2.29.